The Kier molecular flexibility index (Phi) is 5.01. The molecular weight excluding hydrogens is 386 g/mol. The molecular formula is C19H20F2N4O2S. The predicted octanol–water partition coefficient (Wildman–Crippen LogP) is 3.31. The molecule has 4 rings (SSSR count). The highest BCUT2D eigenvalue weighted by Gasteiger charge is 2.35. The van der Waals surface area contributed by atoms with Crippen molar-refractivity contribution >= 4 is 28.4 Å². The molecule has 0 radical (unpaired) electrons. The Bertz CT molecular complexity index is 908. The third-order valence-electron chi connectivity index (χ3n) is 4.87. The second kappa shape index (κ2) is 7.46. The lowest BCUT2D eigenvalue weighted by Gasteiger charge is -2.16. The van der Waals surface area contributed by atoms with E-state index in [1.54, 1.807) is 11.8 Å². The van der Waals surface area contributed by atoms with Crippen LogP contribution >= 0.6 is 11.3 Å². The number of aromatic nitrogens is 1. The zero-order valence-corrected chi connectivity index (χ0v) is 16.2. The molecule has 2 fully saturated rings. The molecule has 28 heavy (non-hydrogen) atoms. The monoisotopic (exact) mass is 406 g/mol. The molecule has 3 amide bonds. The van der Waals surface area contributed by atoms with Gasteiger partial charge in [0.25, 0.3) is 5.91 Å². The van der Waals surface area contributed by atoms with E-state index < -0.39 is 11.6 Å². The van der Waals surface area contributed by atoms with E-state index in [9.17, 15) is 18.4 Å². The summed E-state index contributed by atoms with van der Waals surface area (Å²) in [6.45, 7) is 3.72. The van der Waals surface area contributed by atoms with Crippen molar-refractivity contribution in [3.63, 3.8) is 0 Å². The molecule has 148 valence electrons. The Balaban J connectivity index is 1.42. The first kappa shape index (κ1) is 18.8. The van der Waals surface area contributed by atoms with Crippen LogP contribution in [0.2, 0.25) is 0 Å². The number of rotatable bonds is 6. The summed E-state index contributed by atoms with van der Waals surface area (Å²) in [5, 5.41) is 3.16. The fourth-order valence-electron chi connectivity index (χ4n) is 3.23. The fraction of sp³-hybridized carbons (Fsp3) is 0.421. The van der Waals surface area contributed by atoms with Gasteiger partial charge in [-0.1, -0.05) is 11.3 Å². The van der Waals surface area contributed by atoms with Crippen molar-refractivity contribution in [2.45, 2.75) is 26.3 Å². The number of carbonyl (C=O) groups excluding carboxylic acids is 2. The fourth-order valence-corrected chi connectivity index (χ4v) is 4.23. The van der Waals surface area contributed by atoms with Crippen LogP contribution in [-0.4, -0.2) is 41.5 Å². The highest BCUT2D eigenvalue weighted by molar-refractivity contribution is 7.17. The predicted molar refractivity (Wildman–Crippen MR) is 101 cm³/mol. The number of aryl methyl sites for hydroxylation is 1. The summed E-state index contributed by atoms with van der Waals surface area (Å²) in [4.78, 5) is 33.3. The van der Waals surface area contributed by atoms with Gasteiger partial charge in [0.1, 0.15) is 16.5 Å². The summed E-state index contributed by atoms with van der Waals surface area (Å²) >= 11 is 1.15. The molecule has 9 heteroatoms. The summed E-state index contributed by atoms with van der Waals surface area (Å²) in [7, 11) is 0. The summed E-state index contributed by atoms with van der Waals surface area (Å²) in [5.41, 5.74) is 0.857. The third kappa shape index (κ3) is 3.99. The van der Waals surface area contributed by atoms with E-state index in [0.29, 0.717) is 40.3 Å². The molecule has 1 aliphatic carbocycles. The van der Waals surface area contributed by atoms with Crippen LogP contribution in [0.3, 0.4) is 0 Å². The SMILES string of the molecule is Cc1nc(N2CCN(CC3CC3)C2=O)sc1C(=O)NCc1cc(F)cc(F)c1. The van der Waals surface area contributed by atoms with E-state index in [2.05, 4.69) is 10.3 Å². The molecule has 0 atom stereocenters. The number of amides is 3. The summed E-state index contributed by atoms with van der Waals surface area (Å²) in [6, 6.07) is 3.06. The van der Waals surface area contributed by atoms with Crippen molar-refractivity contribution < 1.29 is 18.4 Å². The Labute approximate surface area is 165 Å². The van der Waals surface area contributed by atoms with Gasteiger partial charge in [0, 0.05) is 32.2 Å². The van der Waals surface area contributed by atoms with Crippen molar-refractivity contribution in [1.29, 1.82) is 0 Å². The standard InChI is InChI=1S/C19H20F2N4O2S/c1-11-16(17(26)22-9-13-6-14(20)8-15(21)7-13)28-18(23-11)25-5-4-24(19(25)27)10-12-2-3-12/h6-8,12H,2-5,9-10H2,1H3,(H,22,26). The minimum absolute atomic E-state index is 0.00199. The number of hydrogen-bond donors (Lipinski definition) is 1. The van der Waals surface area contributed by atoms with Crippen LogP contribution in [0.25, 0.3) is 0 Å². The summed E-state index contributed by atoms with van der Waals surface area (Å²) < 4.78 is 26.5. The Morgan fingerprint density at radius 3 is 2.64 bits per heavy atom. The first-order chi connectivity index (χ1) is 13.4. The molecule has 1 saturated carbocycles. The van der Waals surface area contributed by atoms with Crippen LogP contribution < -0.4 is 10.2 Å². The van der Waals surface area contributed by atoms with E-state index in [0.717, 1.165) is 23.9 Å². The molecule has 1 N–H and O–H groups in total. The topological polar surface area (TPSA) is 65.5 Å². The van der Waals surface area contributed by atoms with Crippen LogP contribution in [0.5, 0.6) is 0 Å². The lowest BCUT2D eigenvalue weighted by Crippen LogP contribution is -2.33. The summed E-state index contributed by atoms with van der Waals surface area (Å²) in [5.74, 6) is -1.14. The molecule has 1 aromatic heterocycles. The molecule has 0 bridgehead atoms. The van der Waals surface area contributed by atoms with Crippen LogP contribution in [0.15, 0.2) is 18.2 Å². The van der Waals surface area contributed by atoms with Gasteiger partial charge >= 0.3 is 6.03 Å². The van der Waals surface area contributed by atoms with E-state index in [-0.39, 0.29) is 18.5 Å². The number of benzene rings is 1. The Hall–Kier alpha value is -2.55. The van der Waals surface area contributed by atoms with Crippen molar-refractivity contribution in [1.82, 2.24) is 15.2 Å². The van der Waals surface area contributed by atoms with Crippen molar-refractivity contribution in [3.8, 4) is 0 Å². The van der Waals surface area contributed by atoms with E-state index >= 15 is 0 Å². The lowest BCUT2D eigenvalue weighted by molar-refractivity contribution is 0.0954. The number of halogens is 2. The number of nitrogens with zero attached hydrogens (tertiary/aromatic N) is 3. The molecule has 6 nitrogen and oxygen atoms in total. The molecule has 1 saturated heterocycles. The normalized spacial score (nSPS) is 16.8. The maximum absolute atomic E-state index is 13.3. The smallest absolute Gasteiger partial charge is 0.326 e. The van der Waals surface area contributed by atoms with E-state index in [4.69, 9.17) is 0 Å². The van der Waals surface area contributed by atoms with E-state index in [1.165, 1.54) is 25.0 Å². The lowest BCUT2D eigenvalue weighted by atomic mass is 10.2. The average Bonchev–Trinajstić information content (AvgIpc) is 3.27. The van der Waals surface area contributed by atoms with Crippen molar-refractivity contribution in [3.05, 3.63) is 46.0 Å². The second-order valence-corrected chi connectivity index (χ2v) is 8.17. The van der Waals surface area contributed by atoms with Crippen molar-refractivity contribution in [2.24, 2.45) is 5.92 Å². The minimum atomic E-state index is -0.691. The maximum Gasteiger partial charge on any atom is 0.326 e. The Morgan fingerprint density at radius 1 is 1.25 bits per heavy atom. The van der Waals surface area contributed by atoms with Gasteiger partial charge in [-0.25, -0.2) is 18.6 Å². The third-order valence-corrected chi connectivity index (χ3v) is 6.05. The van der Waals surface area contributed by atoms with Crippen molar-refractivity contribution in [2.75, 3.05) is 24.5 Å². The molecule has 1 aliphatic heterocycles. The van der Waals surface area contributed by atoms with Gasteiger partial charge in [-0.15, -0.1) is 0 Å². The van der Waals surface area contributed by atoms with E-state index in [1.807, 2.05) is 4.90 Å². The summed E-state index contributed by atoms with van der Waals surface area (Å²) in [6.07, 6.45) is 2.36. The number of nitrogens with one attached hydrogen (secondary N) is 1. The van der Waals surface area contributed by atoms with Gasteiger partial charge < -0.3 is 10.2 Å². The minimum Gasteiger partial charge on any atom is -0.347 e. The van der Waals surface area contributed by atoms with Crippen LogP contribution in [0, 0.1) is 24.5 Å². The van der Waals surface area contributed by atoms with Gasteiger partial charge in [-0.3, -0.25) is 9.69 Å². The number of hydrogen-bond acceptors (Lipinski definition) is 4. The zero-order valence-electron chi connectivity index (χ0n) is 15.4. The quantitative estimate of drug-likeness (QED) is 0.801. The average molecular weight is 406 g/mol. The van der Waals surface area contributed by atoms with Gasteiger partial charge in [0.15, 0.2) is 5.13 Å². The molecule has 2 heterocycles. The first-order valence-electron chi connectivity index (χ1n) is 9.18. The second-order valence-electron chi connectivity index (χ2n) is 7.19. The van der Waals surface area contributed by atoms with Gasteiger partial charge in [0.2, 0.25) is 0 Å². The molecule has 0 unspecified atom stereocenters. The van der Waals surface area contributed by atoms with Crippen LogP contribution in [0.4, 0.5) is 18.7 Å². The zero-order chi connectivity index (χ0) is 19.8. The van der Waals surface area contributed by atoms with Gasteiger partial charge in [0.05, 0.1) is 5.69 Å². The number of urea groups is 1. The molecule has 0 spiro atoms. The first-order valence-corrected chi connectivity index (χ1v) is 9.99. The molecule has 1 aromatic carbocycles. The number of carbonyl (C=O) groups is 2. The maximum atomic E-state index is 13.3. The van der Waals surface area contributed by atoms with Crippen LogP contribution in [0.1, 0.15) is 33.8 Å². The molecule has 2 aliphatic rings. The highest BCUT2D eigenvalue weighted by Crippen LogP contribution is 2.33. The van der Waals surface area contributed by atoms with Gasteiger partial charge in [-0.05, 0) is 43.4 Å². The van der Waals surface area contributed by atoms with Gasteiger partial charge in [-0.2, -0.15) is 0 Å². The number of thiazole rings is 1. The number of anilines is 1. The highest BCUT2D eigenvalue weighted by atomic mass is 32.1. The molecule has 2 aromatic rings. The largest absolute Gasteiger partial charge is 0.347 e. The van der Waals surface area contributed by atoms with Crippen LogP contribution in [-0.2, 0) is 6.54 Å². The Morgan fingerprint density at radius 2 is 1.96 bits per heavy atom.